The summed E-state index contributed by atoms with van der Waals surface area (Å²) in [5.74, 6) is 0.319. The van der Waals surface area contributed by atoms with Gasteiger partial charge in [0.05, 0.1) is 17.0 Å². The molecule has 0 aliphatic carbocycles. The molecule has 2 aliphatic heterocycles. The summed E-state index contributed by atoms with van der Waals surface area (Å²) >= 11 is 12.2. The second kappa shape index (κ2) is 11.6. The number of rotatable bonds is 4. The Morgan fingerprint density at radius 2 is 1.73 bits per heavy atom. The van der Waals surface area contributed by atoms with Gasteiger partial charge in [0.2, 0.25) is 11.8 Å². The second-order valence-electron chi connectivity index (χ2n) is 10.6. The predicted octanol–water partition coefficient (Wildman–Crippen LogP) is 4.26. The van der Waals surface area contributed by atoms with E-state index in [-0.39, 0.29) is 29.7 Å². The molecule has 1 aromatic carbocycles. The Kier molecular flexibility index (Phi) is 7.77. The minimum atomic E-state index is -0.334. The molecule has 3 aromatic heterocycles. The Bertz CT molecular complexity index is 1540. The van der Waals surface area contributed by atoms with E-state index in [2.05, 4.69) is 25.2 Å². The van der Waals surface area contributed by atoms with Crippen LogP contribution in [0.2, 0.25) is 10.0 Å². The lowest BCUT2D eigenvalue weighted by atomic mass is 9.90. The molecule has 4 aromatic rings. The fraction of sp³-hybridized carbons (Fsp3) is 0.379. The third-order valence-corrected chi connectivity index (χ3v) is 8.58. The number of pyridine rings is 1. The number of amides is 2. The van der Waals surface area contributed by atoms with Crippen LogP contribution in [0.5, 0.6) is 0 Å². The maximum absolute atomic E-state index is 14.2. The molecule has 0 bridgehead atoms. The predicted molar refractivity (Wildman–Crippen MR) is 156 cm³/mol. The van der Waals surface area contributed by atoms with Gasteiger partial charge in [0, 0.05) is 62.5 Å². The van der Waals surface area contributed by atoms with Gasteiger partial charge in [-0.25, -0.2) is 0 Å². The first-order valence-corrected chi connectivity index (χ1v) is 14.5. The number of carbonyl (C=O) groups is 2. The van der Waals surface area contributed by atoms with Crippen LogP contribution >= 0.6 is 23.2 Å². The molecule has 5 heterocycles. The van der Waals surface area contributed by atoms with E-state index in [0.29, 0.717) is 48.4 Å². The van der Waals surface area contributed by atoms with Crippen LogP contribution in [0.3, 0.4) is 0 Å². The highest BCUT2D eigenvalue weighted by atomic mass is 35.5. The van der Waals surface area contributed by atoms with E-state index in [4.69, 9.17) is 23.2 Å². The van der Waals surface area contributed by atoms with E-state index in [9.17, 15) is 9.59 Å². The lowest BCUT2D eigenvalue weighted by Crippen LogP contribution is -2.47. The van der Waals surface area contributed by atoms with E-state index in [1.54, 1.807) is 24.0 Å². The van der Waals surface area contributed by atoms with E-state index in [1.165, 1.54) is 0 Å². The zero-order chi connectivity index (χ0) is 28.5. The first kappa shape index (κ1) is 27.4. The first-order valence-electron chi connectivity index (χ1n) is 13.7. The van der Waals surface area contributed by atoms with Crippen molar-refractivity contribution in [1.82, 2.24) is 34.6 Å². The third-order valence-electron chi connectivity index (χ3n) is 8.10. The molecule has 0 saturated carbocycles. The van der Waals surface area contributed by atoms with Gasteiger partial charge in [0.25, 0.3) is 0 Å². The number of hydrogen-bond acceptors (Lipinski definition) is 7. The van der Waals surface area contributed by atoms with Crippen LogP contribution in [0, 0.1) is 5.92 Å². The lowest BCUT2D eigenvalue weighted by Gasteiger charge is -2.37. The normalized spacial score (nSPS) is 21.6. The number of anilines is 1. The molecule has 212 valence electrons. The topological polar surface area (TPSA) is 99.8 Å². The summed E-state index contributed by atoms with van der Waals surface area (Å²) in [6.45, 7) is 4.21. The minimum absolute atomic E-state index is 0.00927. The maximum Gasteiger partial charge on any atom is 0.228 e. The molecule has 10 nitrogen and oxygen atoms in total. The molecule has 0 N–H and O–H groups in total. The number of benzene rings is 1. The van der Waals surface area contributed by atoms with Crippen molar-refractivity contribution < 1.29 is 9.59 Å². The molecule has 2 fully saturated rings. The average Bonchev–Trinajstić information content (AvgIpc) is 3.61. The van der Waals surface area contributed by atoms with Crippen molar-refractivity contribution in [2.75, 3.05) is 37.6 Å². The molecule has 41 heavy (non-hydrogen) atoms. The van der Waals surface area contributed by atoms with Crippen molar-refractivity contribution in [2.24, 2.45) is 5.92 Å². The maximum atomic E-state index is 14.2. The first-order chi connectivity index (χ1) is 19.9. The summed E-state index contributed by atoms with van der Waals surface area (Å²) in [5, 5.41) is 13.8. The smallest absolute Gasteiger partial charge is 0.228 e. The molecule has 0 radical (unpaired) electrons. The van der Waals surface area contributed by atoms with Crippen molar-refractivity contribution in [3.05, 3.63) is 82.4 Å². The Balaban J connectivity index is 1.24. The summed E-state index contributed by atoms with van der Waals surface area (Å²) in [6.07, 6.45) is 4.72. The summed E-state index contributed by atoms with van der Waals surface area (Å²) in [5.41, 5.74) is 2.53. The van der Waals surface area contributed by atoms with Crippen LogP contribution in [0.4, 0.5) is 5.82 Å². The molecule has 12 heteroatoms. The van der Waals surface area contributed by atoms with Gasteiger partial charge in [-0.05, 0) is 54.8 Å². The van der Waals surface area contributed by atoms with Crippen molar-refractivity contribution in [1.29, 1.82) is 0 Å². The van der Waals surface area contributed by atoms with Crippen molar-refractivity contribution in [2.45, 2.75) is 31.7 Å². The van der Waals surface area contributed by atoms with Crippen molar-refractivity contribution in [3.63, 3.8) is 0 Å². The van der Waals surface area contributed by atoms with Crippen LogP contribution in [0.1, 0.15) is 43.0 Å². The highest BCUT2D eigenvalue weighted by Crippen LogP contribution is 2.36. The SMILES string of the molecule is CC(=O)N1CCN(C(=O)[C@@H]2CN(c3ccc4nncn4n3)C[C@H]2c2ccc(Cl)cn2)CCC[C@H]1c1ccc(Cl)cc1. The summed E-state index contributed by atoms with van der Waals surface area (Å²) in [4.78, 5) is 37.4. The van der Waals surface area contributed by atoms with Gasteiger partial charge in [-0.2, -0.15) is 4.52 Å². The standard InChI is InChI=1S/C29H30Cl2N8O2/c1-19(40)38-14-13-36(12-2-3-26(38)20-4-6-21(30)7-5-20)29(41)24-17-37(16-23(24)25-9-8-22(31)15-32-25)28-11-10-27-34-33-18-39(27)35-28/h4-11,15,18,23-24,26H,2-3,12-14,16-17H2,1H3/t23-,24-,26+/m1/s1. The number of aromatic nitrogens is 5. The fourth-order valence-corrected chi connectivity index (χ4v) is 6.26. The fourth-order valence-electron chi connectivity index (χ4n) is 6.03. The van der Waals surface area contributed by atoms with E-state index < -0.39 is 0 Å². The largest absolute Gasteiger partial charge is 0.354 e. The number of hydrogen-bond donors (Lipinski definition) is 0. The third kappa shape index (κ3) is 5.71. The van der Waals surface area contributed by atoms with Gasteiger partial charge in [0.1, 0.15) is 12.1 Å². The monoisotopic (exact) mass is 592 g/mol. The second-order valence-corrected chi connectivity index (χ2v) is 11.5. The minimum Gasteiger partial charge on any atom is -0.354 e. The zero-order valence-corrected chi connectivity index (χ0v) is 24.1. The summed E-state index contributed by atoms with van der Waals surface area (Å²) < 4.78 is 1.63. The highest BCUT2D eigenvalue weighted by Gasteiger charge is 2.42. The molecular formula is C29H30Cl2N8O2. The molecule has 2 aliphatic rings. The van der Waals surface area contributed by atoms with Crippen LogP contribution in [0.15, 0.2) is 61.1 Å². The van der Waals surface area contributed by atoms with Crippen LogP contribution in [0.25, 0.3) is 5.65 Å². The van der Waals surface area contributed by atoms with Crippen LogP contribution in [-0.4, -0.2) is 79.1 Å². The van der Waals surface area contributed by atoms with Crippen LogP contribution < -0.4 is 4.90 Å². The molecular weight excluding hydrogens is 563 g/mol. The lowest BCUT2D eigenvalue weighted by molar-refractivity contribution is -0.139. The molecule has 2 amide bonds. The van der Waals surface area contributed by atoms with Crippen molar-refractivity contribution >= 4 is 46.5 Å². The average molecular weight is 594 g/mol. The van der Waals surface area contributed by atoms with Gasteiger partial charge >= 0.3 is 0 Å². The molecule has 2 saturated heterocycles. The van der Waals surface area contributed by atoms with Crippen LogP contribution in [-0.2, 0) is 9.59 Å². The van der Waals surface area contributed by atoms with E-state index >= 15 is 0 Å². The highest BCUT2D eigenvalue weighted by molar-refractivity contribution is 6.30. The number of nitrogens with zero attached hydrogens (tertiary/aromatic N) is 8. The molecule has 6 rings (SSSR count). The molecule has 0 unspecified atom stereocenters. The zero-order valence-electron chi connectivity index (χ0n) is 22.6. The number of fused-ring (bicyclic) bond motifs is 1. The Morgan fingerprint density at radius 3 is 2.49 bits per heavy atom. The van der Waals surface area contributed by atoms with Gasteiger partial charge in [-0.1, -0.05) is 35.3 Å². The van der Waals surface area contributed by atoms with Gasteiger partial charge in [0.15, 0.2) is 5.65 Å². The Hall–Kier alpha value is -3.76. The summed E-state index contributed by atoms with van der Waals surface area (Å²) in [7, 11) is 0. The van der Waals surface area contributed by atoms with Gasteiger partial charge in [-0.15, -0.1) is 15.3 Å². The quantitative estimate of drug-likeness (QED) is 0.349. The van der Waals surface area contributed by atoms with Gasteiger partial charge < -0.3 is 14.7 Å². The van der Waals surface area contributed by atoms with Crippen molar-refractivity contribution in [3.8, 4) is 0 Å². The molecule has 0 spiro atoms. The van der Waals surface area contributed by atoms with E-state index in [1.807, 2.05) is 58.3 Å². The summed E-state index contributed by atoms with van der Waals surface area (Å²) in [6, 6.07) is 15.1. The number of halogens is 2. The Labute approximate surface area is 247 Å². The molecule has 3 atom stereocenters. The van der Waals surface area contributed by atoms with E-state index in [0.717, 1.165) is 29.9 Å². The number of carbonyl (C=O) groups excluding carboxylic acids is 2. The Morgan fingerprint density at radius 1 is 0.927 bits per heavy atom. The van der Waals surface area contributed by atoms with Gasteiger partial charge in [-0.3, -0.25) is 14.6 Å².